The van der Waals surface area contributed by atoms with E-state index in [4.69, 9.17) is 0 Å². The molecule has 0 unspecified atom stereocenters. The summed E-state index contributed by atoms with van der Waals surface area (Å²) in [6, 6.07) is 12.0. The Morgan fingerprint density at radius 2 is 1.90 bits per heavy atom. The molecule has 0 radical (unpaired) electrons. The molecule has 0 fully saturated rings. The molecule has 0 saturated heterocycles. The second kappa shape index (κ2) is 5.01. The van der Waals surface area contributed by atoms with Gasteiger partial charge < -0.3 is 4.90 Å². The van der Waals surface area contributed by atoms with E-state index in [1.54, 1.807) is 23.1 Å². The van der Waals surface area contributed by atoms with E-state index < -0.39 is 4.92 Å². The highest BCUT2D eigenvalue weighted by Crippen LogP contribution is 2.32. The van der Waals surface area contributed by atoms with Crippen LogP contribution in [-0.4, -0.2) is 17.4 Å². The van der Waals surface area contributed by atoms with Crippen molar-refractivity contribution < 1.29 is 9.72 Å². The summed E-state index contributed by atoms with van der Waals surface area (Å²) in [5.41, 5.74) is 3.32. The lowest BCUT2D eigenvalue weighted by atomic mass is 10.1. The van der Waals surface area contributed by atoms with E-state index in [1.807, 2.05) is 19.1 Å². The van der Waals surface area contributed by atoms with E-state index in [1.165, 1.54) is 12.1 Å². The van der Waals surface area contributed by atoms with Gasteiger partial charge in [-0.05, 0) is 31.0 Å². The number of nitrogens with zero attached hydrogens (tertiary/aromatic N) is 2. The van der Waals surface area contributed by atoms with Crippen molar-refractivity contribution >= 4 is 17.3 Å². The van der Waals surface area contributed by atoms with Gasteiger partial charge in [-0.1, -0.05) is 23.8 Å². The van der Waals surface area contributed by atoms with Crippen LogP contribution in [0.15, 0.2) is 42.5 Å². The van der Waals surface area contributed by atoms with Crippen LogP contribution in [0.5, 0.6) is 0 Å². The first-order valence-corrected chi connectivity index (χ1v) is 6.72. The molecular formula is C16H14N2O3. The van der Waals surface area contributed by atoms with Gasteiger partial charge >= 0.3 is 0 Å². The smallest absolute Gasteiger partial charge is 0.271 e. The molecule has 106 valence electrons. The van der Waals surface area contributed by atoms with Gasteiger partial charge in [-0.25, -0.2) is 0 Å². The normalized spacial score (nSPS) is 13.1. The van der Waals surface area contributed by atoms with E-state index in [-0.39, 0.29) is 11.6 Å². The van der Waals surface area contributed by atoms with Gasteiger partial charge in [0.2, 0.25) is 0 Å². The van der Waals surface area contributed by atoms with E-state index in [0.29, 0.717) is 17.8 Å². The van der Waals surface area contributed by atoms with Crippen molar-refractivity contribution in [3.05, 3.63) is 69.3 Å². The third kappa shape index (κ3) is 2.38. The number of rotatable bonds is 2. The second-order valence-corrected chi connectivity index (χ2v) is 5.14. The molecular weight excluding hydrogens is 268 g/mol. The Balaban J connectivity index is 1.96. The maximum absolute atomic E-state index is 12.6. The highest BCUT2D eigenvalue weighted by molar-refractivity contribution is 6.07. The SMILES string of the molecule is Cc1ccc(C(=O)N2CCc3ccc([N+](=O)[O-])cc32)cc1. The van der Waals surface area contributed by atoms with E-state index >= 15 is 0 Å². The Labute approximate surface area is 122 Å². The van der Waals surface area contributed by atoms with Gasteiger partial charge in [0.25, 0.3) is 11.6 Å². The molecule has 0 bridgehead atoms. The number of non-ortho nitro benzene ring substituents is 1. The van der Waals surface area contributed by atoms with Gasteiger partial charge in [0.05, 0.1) is 10.6 Å². The van der Waals surface area contributed by atoms with E-state index in [9.17, 15) is 14.9 Å². The first kappa shape index (κ1) is 13.3. The zero-order valence-electron chi connectivity index (χ0n) is 11.6. The van der Waals surface area contributed by atoms with Crippen molar-refractivity contribution in [3.8, 4) is 0 Å². The van der Waals surface area contributed by atoms with Crippen LogP contribution < -0.4 is 4.90 Å². The number of hydrogen-bond donors (Lipinski definition) is 0. The predicted molar refractivity (Wildman–Crippen MR) is 79.7 cm³/mol. The minimum atomic E-state index is -0.437. The van der Waals surface area contributed by atoms with Crippen molar-refractivity contribution in [1.29, 1.82) is 0 Å². The molecule has 1 amide bonds. The number of amides is 1. The molecule has 1 heterocycles. The number of carbonyl (C=O) groups is 1. The lowest BCUT2D eigenvalue weighted by Gasteiger charge is -2.17. The van der Waals surface area contributed by atoms with Crippen LogP contribution in [0, 0.1) is 17.0 Å². The summed E-state index contributed by atoms with van der Waals surface area (Å²) >= 11 is 0. The number of carbonyl (C=O) groups excluding carboxylic acids is 1. The third-order valence-corrected chi connectivity index (χ3v) is 3.72. The summed E-state index contributed by atoms with van der Waals surface area (Å²) in [6.07, 6.45) is 0.727. The van der Waals surface area contributed by atoms with Gasteiger partial charge in [-0.2, -0.15) is 0 Å². The summed E-state index contributed by atoms with van der Waals surface area (Å²) < 4.78 is 0. The average Bonchev–Trinajstić information content (AvgIpc) is 2.90. The molecule has 0 N–H and O–H groups in total. The molecule has 21 heavy (non-hydrogen) atoms. The molecule has 0 atom stereocenters. The molecule has 1 aliphatic heterocycles. The summed E-state index contributed by atoms with van der Waals surface area (Å²) in [5, 5.41) is 10.9. The summed E-state index contributed by atoms with van der Waals surface area (Å²) in [5.74, 6) is -0.116. The van der Waals surface area contributed by atoms with Gasteiger partial charge in [-0.15, -0.1) is 0 Å². The fraction of sp³-hybridized carbons (Fsp3) is 0.188. The van der Waals surface area contributed by atoms with Crippen molar-refractivity contribution in [1.82, 2.24) is 0 Å². The van der Waals surface area contributed by atoms with Crippen molar-refractivity contribution in [2.45, 2.75) is 13.3 Å². The van der Waals surface area contributed by atoms with Gasteiger partial charge in [-0.3, -0.25) is 14.9 Å². The first-order valence-electron chi connectivity index (χ1n) is 6.72. The second-order valence-electron chi connectivity index (χ2n) is 5.14. The maximum atomic E-state index is 12.6. The largest absolute Gasteiger partial charge is 0.308 e. The molecule has 5 heteroatoms. The lowest BCUT2D eigenvalue weighted by Crippen LogP contribution is -2.28. The van der Waals surface area contributed by atoms with Crippen molar-refractivity contribution in [2.24, 2.45) is 0 Å². The minimum absolute atomic E-state index is 0.0114. The van der Waals surface area contributed by atoms with Crippen LogP contribution in [0.2, 0.25) is 0 Å². The summed E-state index contributed by atoms with van der Waals surface area (Å²) in [6.45, 7) is 2.52. The Bertz CT molecular complexity index is 723. The molecule has 0 aliphatic carbocycles. The maximum Gasteiger partial charge on any atom is 0.271 e. The number of aryl methyl sites for hydroxylation is 1. The van der Waals surface area contributed by atoms with Crippen molar-refractivity contribution in [2.75, 3.05) is 11.4 Å². The molecule has 0 aromatic heterocycles. The third-order valence-electron chi connectivity index (χ3n) is 3.72. The molecule has 1 aliphatic rings. The van der Waals surface area contributed by atoms with Gasteiger partial charge in [0, 0.05) is 24.2 Å². The zero-order valence-corrected chi connectivity index (χ0v) is 11.6. The number of nitro groups is 1. The number of anilines is 1. The molecule has 2 aromatic carbocycles. The fourth-order valence-electron chi connectivity index (χ4n) is 2.54. The van der Waals surface area contributed by atoms with E-state index in [2.05, 4.69) is 0 Å². The highest BCUT2D eigenvalue weighted by atomic mass is 16.6. The number of fused-ring (bicyclic) bond motifs is 1. The van der Waals surface area contributed by atoms with Crippen LogP contribution in [-0.2, 0) is 6.42 Å². The summed E-state index contributed by atoms with van der Waals surface area (Å²) in [7, 11) is 0. The highest BCUT2D eigenvalue weighted by Gasteiger charge is 2.27. The van der Waals surface area contributed by atoms with Crippen LogP contribution in [0.1, 0.15) is 21.5 Å². The Kier molecular flexibility index (Phi) is 3.17. The quantitative estimate of drug-likeness (QED) is 0.628. The van der Waals surface area contributed by atoms with Crippen molar-refractivity contribution in [3.63, 3.8) is 0 Å². The van der Waals surface area contributed by atoms with Crippen LogP contribution in [0.3, 0.4) is 0 Å². The molecule has 3 rings (SSSR count). The van der Waals surface area contributed by atoms with E-state index in [0.717, 1.165) is 17.5 Å². The van der Waals surface area contributed by atoms with Crippen LogP contribution in [0.25, 0.3) is 0 Å². The van der Waals surface area contributed by atoms with Gasteiger partial charge in [0.1, 0.15) is 0 Å². The monoisotopic (exact) mass is 282 g/mol. The predicted octanol–water partition coefficient (Wildman–Crippen LogP) is 3.11. The minimum Gasteiger partial charge on any atom is -0.308 e. The Morgan fingerprint density at radius 1 is 1.19 bits per heavy atom. The number of benzene rings is 2. The topological polar surface area (TPSA) is 63.5 Å². The molecule has 5 nitrogen and oxygen atoms in total. The molecule has 0 saturated carbocycles. The lowest BCUT2D eigenvalue weighted by molar-refractivity contribution is -0.384. The van der Waals surface area contributed by atoms with Gasteiger partial charge in [0.15, 0.2) is 0 Å². The Morgan fingerprint density at radius 3 is 2.57 bits per heavy atom. The van der Waals surface area contributed by atoms with Crippen LogP contribution in [0.4, 0.5) is 11.4 Å². The number of nitro benzene ring substituents is 1. The molecule has 0 spiro atoms. The summed E-state index contributed by atoms with van der Waals surface area (Å²) in [4.78, 5) is 24.6. The number of hydrogen-bond acceptors (Lipinski definition) is 3. The molecule has 2 aromatic rings. The average molecular weight is 282 g/mol. The first-order chi connectivity index (χ1) is 10.1. The zero-order chi connectivity index (χ0) is 15.0. The van der Waals surface area contributed by atoms with Crippen LogP contribution >= 0.6 is 0 Å². The Hall–Kier alpha value is -2.69. The fourth-order valence-corrected chi connectivity index (χ4v) is 2.54. The standard InChI is InChI=1S/C16H14N2O3/c1-11-2-4-13(5-3-11)16(19)17-9-8-12-6-7-14(18(20)21)10-15(12)17/h2-7,10H,8-9H2,1H3.